The van der Waals surface area contributed by atoms with Gasteiger partial charge in [-0.3, -0.25) is 9.67 Å². The molecule has 1 saturated carbocycles. The third-order valence-corrected chi connectivity index (χ3v) is 5.99. The number of aryl methyl sites for hydroxylation is 1. The highest BCUT2D eigenvalue weighted by molar-refractivity contribution is 5.80. The summed E-state index contributed by atoms with van der Waals surface area (Å²) in [5.41, 5.74) is 2.40. The summed E-state index contributed by atoms with van der Waals surface area (Å²) in [6.45, 7) is 6.02. The maximum absolute atomic E-state index is 6.07. The number of aliphatic imine (C=N–C) groups is 1. The molecule has 0 bridgehead atoms. The average molecular weight is 426 g/mol. The van der Waals surface area contributed by atoms with Gasteiger partial charge in [-0.25, -0.2) is 0 Å². The molecule has 31 heavy (non-hydrogen) atoms. The van der Waals surface area contributed by atoms with Gasteiger partial charge >= 0.3 is 0 Å². The predicted octanol–water partition coefficient (Wildman–Crippen LogP) is 3.32. The van der Waals surface area contributed by atoms with Crippen molar-refractivity contribution in [3.63, 3.8) is 0 Å². The monoisotopic (exact) mass is 425 g/mol. The smallest absolute Gasteiger partial charge is 0.194 e. The minimum atomic E-state index is 0.0266. The van der Waals surface area contributed by atoms with Crippen molar-refractivity contribution in [1.29, 1.82) is 0 Å². The zero-order chi connectivity index (χ0) is 21.5. The van der Waals surface area contributed by atoms with Crippen LogP contribution in [0, 0.1) is 0 Å². The molecule has 1 aliphatic carbocycles. The van der Waals surface area contributed by atoms with Crippen molar-refractivity contribution in [3.05, 3.63) is 47.8 Å². The van der Waals surface area contributed by atoms with Crippen LogP contribution in [-0.2, 0) is 18.2 Å². The molecule has 1 unspecified atom stereocenters. The van der Waals surface area contributed by atoms with E-state index >= 15 is 0 Å². The molecule has 0 spiro atoms. The summed E-state index contributed by atoms with van der Waals surface area (Å²) >= 11 is 0. The molecule has 168 valence electrons. The van der Waals surface area contributed by atoms with Gasteiger partial charge in [-0.15, -0.1) is 0 Å². The second-order valence-corrected chi connectivity index (χ2v) is 8.41. The van der Waals surface area contributed by atoms with Crippen molar-refractivity contribution in [2.45, 2.75) is 51.2 Å². The molecule has 7 heteroatoms. The molecule has 2 aromatic rings. The van der Waals surface area contributed by atoms with E-state index in [0.717, 1.165) is 49.9 Å². The van der Waals surface area contributed by atoms with Crippen molar-refractivity contribution in [2.24, 2.45) is 12.0 Å². The van der Waals surface area contributed by atoms with Gasteiger partial charge in [0, 0.05) is 38.4 Å². The Bertz CT molecular complexity index is 842. The molecule has 2 aliphatic rings. The summed E-state index contributed by atoms with van der Waals surface area (Å²) in [5, 5.41) is 7.72. The molecule has 1 saturated heterocycles. The van der Waals surface area contributed by atoms with Gasteiger partial charge in [-0.05, 0) is 56.7 Å². The number of morpholine rings is 1. The molecule has 4 rings (SSSR count). The number of nitrogens with zero attached hydrogens (tertiary/aromatic N) is 4. The first-order valence-corrected chi connectivity index (χ1v) is 11.6. The molecule has 1 N–H and O–H groups in total. The Kier molecular flexibility index (Phi) is 7.46. The second kappa shape index (κ2) is 10.7. The predicted molar refractivity (Wildman–Crippen MR) is 122 cm³/mol. The fourth-order valence-electron chi connectivity index (χ4n) is 4.30. The summed E-state index contributed by atoms with van der Waals surface area (Å²) in [6, 6.07) is 8.53. The van der Waals surface area contributed by atoms with Gasteiger partial charge in [0.25, 0.3) is 0 Å². The van der Waals surface area contributed by atoms with E-state index in [1.807, 2.05) is 24.1 Å². The van der Waals surface area contributed by atoms with Gasteiger partial charge in [0.1, 0.15) is 11.9 Å². The summed E-state index contributed by atoms with van der Waals surface area (Å²) in [6.07, 6.45) is 10.2. The average Bonchev–Trinajstić information content (AvgIpc) is 3.46. The maximum Gasteiger partial charge on any atom is 0.194 e. The van der Waals surface area contributed by atoms with Gasteiger partial charge in [0.2, 0.25) is 0 Å². The second-order valence-electron chi connectivity index (χ2n) is 8.41. The molecule has 2 fully saturated rings. The maximum atomic E-state index is 6.07. The lowest BCUT2D eigenvalue weighted by Crippen LogP contribution is -2.48. The highest BCUT2D eigenvalue weighted by Gasteiger charge is 2.25. The van der Waals surface area contributed by atoms with Crippen molar-refractivity contribution < 1.29 is 9.47 Å². The zero-order valence-electron chi connectivity index (χ0n) is 18.8. The van der Waals surface area contributed by atoms with E-state index in [1.54, 1.807) is 0 Å². The Balaban J connectivity index is 1.32. The van der Waals surface area contributed by atoms with E-state index in [-0.39, 0.29) is 6.10 Å². The lowest BCUT2D eigenvalue weighted by atomic mass is 10.1. The Morgan fingerprint density at radius 3 is 2.77 bits per heavy atom. The van der Waals surface area contributed by atoms with E-state index in [2.05, 4.69) is 46.5 Å². The van der Waals surface area contributed by atoms with Gasteiger partial charge in [0.05, 0.1) is 25.5 Å². The molecule has 1 aromatic carbocycles. The number of nitrogens with one attached hydrogen (secondary N) is 1. The minimum Gasteiger partial charge on any atom is -0.490 e. The lowest BCUT2D eigenvalue weighted by Gasteiger charge is -2.34. The van der Waals surface area contributed by atoms with Crippen molar-refractivity contribution in [2.75, 3.05) is 32.8 Å². The fraction of sp³-hybridized carbons (Fsp3) is 0.583. The normalized spacial score (nSPS) is 20.3. The fourth-order valence-corrected chi connectivity index (χ4v) is 4.30. The largest absolute Gasteiger partial charge is 0.490 e. The lowest BCUT2D eigenvalue weighted by molar-refractivity contribution is -0.00803. The quantitative estimate of drug-likeness (QED) is 0.545. The Morgan fingerprint density at radius 1 is 1.26 bits per heavy atom. The molecule has 0 amide bonds. The molecule has 1 aromatic heterocycles. The molecule has 7 nitrogen and oxygen atoms in total. The van der Waals surface area contributed by atoms with Crippen LogP contribution < -0.4 is 10.1 Å². The SMILES string of the molecule is CCNC(=NCCc1ccc(OC2CCCC2)cc1)N1CCOC(c2cnn(C)c2)C1. The molecular weight excluding hydrogens is 390 g/mol. The molecular formula is C24H35N5O2. The van der Waals surface area contributed by atoms with Gasteiger partial charge < -0.3 is 19.7 Å². The number of ether oxygens (including phenoxy) is 2. The van der Waals surface area contributed by atoms with Crippen molar-refractivity contribution >= 4 is 5.96 Å². The van der Waals surface area contributed by atoms with E-state index < -0.39 is 0 Å². The van der Waals surface area contributed by atoms with Crippen LogP contribution in [0.4, 0.5) is 0 Å². The third kappa shape index (κ3) is 6.00. The van der Waals surface area contributed by atoms with E-state index in [4.69, 9.17) is 14.5 Å². The Labute approximate surface area is 185 Å². The molecule has 1 aliphatic heterocycles. The van der Waals surface area contributed by atoms with Crippen LogP contribution in [0.2, 0.25) is 0 Å². The number of rotatable bonds is 7. The van der Waals surface area contributed by atoms with Gasteiger partial charge in [0.15, 0.2) is 5.96 Å². The first-order valence-electron chi connectivity index (χ1n) is 11.6. The summed E-state index contributed by atoms with van der Waals surface area (Å²) in [4.78, 5) is 7.19. The third-order valence-electron chi connectivity index (χ3n) is 5.99. The highest BCUT2D eigenvalue weighted by atomic mass is 16.5. The van der Waals surface area contributed by atoms with Crippen molar-refractivity contribution in [1.82, 2.24) is 20.0 Å². The van der Waals surface area contributed by atoms with E-state index in [1.165, 1.54) is 31.2 Å². The number of benzene rings is 1. The van der Waals surface area contributed by atoms with Gasteiger partial charge in [-0.1, -0.05) is 12.1 Å². The summed E-state index contributed by atoms with van der Waals surface area (Å²) < 4.78 is 13.9. The first-order chi connectivity index (χ1) is 15.2. The van der Waals surface area contributed by atoms with Crippen LogP contribution in [0.3, 0.4) is 0 Å². The number of hydrogen-bond donors (Lipinski definition) is 1. The van der Waals surface area contributed by atoms with Crippen molar-refractivity contribution in [3.8, 4) is 5.75 Å². The zero-order valence-corrected chi connectivity index (χ0v) is 18.8. The van der Waals surface area contributed by atoms with Crippen LogP contribution in [-0.4, -0.2) is 59.5 Å². The summed E-state index contributed by atoms with van der Waals surface area (Å²) in [5.74, 6) is 1.95. The molecule has 1 atom stereocenters. The highest BCUT2D eigenvalue weighted by Crippen LogP contribution is 2.24. The van der Waals surface area contributed by atoms with Crippen LogP contribution >= 0.6 is 0 Å². The number of hydrogen-bond acceptors (Lipinski definition) is 4. The first kappa shape index (κ1) is 21.7. The minimum absolute atomic E-state index is 0.0266. The standard InChI is InChI=1S/C24H35N5O2/c1-3-25-24(29-14-15-30-23(18-29)20-16-27-28(2)17-20)26-13-12-19-8-10-22(11-9-19)31-21-6-4-5-7-21/h8-11,16-17,21,23H,3-7,12-15,18H2,1-2H3,(H,25,26). The van der Waals surface area contributed by atoms with Gasteiger partial charge in [-0.2, -0.15) is 5.10 Å². The molecule has 0 radical (unpaired) electrons. The number of guanidine groups is 1. The molecule has 2 heterocycles. The van der Waals surface area contributed by atoms with Crippen LogP contribution in [0.5, 0.6) is 5.75 Å². The van der Waals surface area contributed by atoms with E-state index in [0.29, 0.717) is 12.7 Å². The Morgan fingerprint density at radius 2 is 2.06 bits per heavy atom. The Hall–Kier alpha value is -2.54. The van der Waals surface area contributed by atoms with Crippen LogP contribution in [0.25, 0.3) is 0 Å². The summed E-state index contributed by atoms with van der Waals surface area (Å²) in [7, 11) is 1.93. The number of aromatic nitrogens is 2. The topological polar surface area (TPSA) is 63.9 Å². The van der Waals surface area contributed by atoms with Crippen LogP contribution in [0.15, 0.2) is 41.7 Å². The van der Waals surface area contributed by atoms with E-state index in [9.17, 15) is 0 Å². The van der Waals surface area contributed by atoms with Crippen LogP contribution in [0.1, 0.15) is 49.8 Å².